The van der Waals surface area contributed by atoms with Gasteiger partial charge in [0.15, 0.2) is 0 Å². The van der Waals surface area contributed by atoms with Gasteiger partial charge >= 0.3 is 0 Å². The Hall–Kier alpha value is -0.0500. The lowest BCUT2D eigenvalue weighted by molar-refractivity contribution is 0.565. The molecule has 0 aromatic carbocycles. The predicted molar refractivity (Wildman–Crippen MR) is 76.2 cm³/mol. The normalized spacial score (nSPS) is 11.9. The molecule has 0 bridgehead atoms. The first-order valence-electron chi connectivity index (χ1n) is 7.32. The average molecular weight is 262 g/mol. The van der Waals surface area contributed by atoms with Crippen molar-refractivity contribution in [3.63, 3.8) is 0 Å². The minimum absolute atomic E-state index is 0.365. The molecule has 0 amide bonds. The summed E-state index contributed by atoms with van der Waals surface area (Å²) in [6, 6.07) is 0. The molecule has 17 heavy (non-hydrogen) atoms. The van der Waals surface area contributed by atoms with Crippen LogP contribution in [-0.2, 0) is 9.84 Å². The van der Waals surface area contributed by atoms with Crippen molar-refractivity contribution >= 4 is 9.84 Å². The quantitative estimate of drug-likeness (QED) is 0.490. The molecule has 0 rings (SSSR count). The van der Waals surface area contributed by atoms with E-state index in [1.165, 1.54) is 44.9 Å². The summed E-state index contributed by atoms with van der Waals surface area (Å²) in [5.41, 5.74) is 0. The van der Waals surface area contributed by atoms with Gasteiger partial charge in [-0.3, -0.25) is 0 Å². The zero-order valence-corrected chi connectivity index (χ0v) is 12.5. The molecule has 0 saturated heterocycles. The summed E-state index contributed by atoms with van der Waals surface area (Å²) in [6.07, 6.45) is 11.9. The van der Waals surface area contributed by atoms with Crippen molar-refractivity contribution in [1.29, 1.82) is 0 Å². The van der Waals surface area contributed by atoms with Crippen molar-refractivity contribution in [2.75, 3.05) is 11.5 Å². The molecule has 0 N–H and O–H groups in total. The highest BCUT2D eigenvalue weighted by Gasteiger charge is 2.07. The molecular formula is C14H30O2S. The largest absolute Gasteiger partial charge is 0.229 e. The number of hydrogen-bond donors (Lipinski definition) is 0. The zero-order chi connectivity index (χ0) is 13.0. The standard InChI is InChI=1S/C14H30O2S/c1-3-5-6-7-8-9-10-11-12-14-17(15,16)13-4-2/h3-14H2,1-2H3. The van der Waals surface area contributed by atoms with Gasteiger partial charge in [-0.05, 0) is 12.8 Å². The van der Waals surface area contributed by atoms with Crippen LogP contribution in [0.25, 0.3) is 0 Å². The molecule has 0 atom stereocenters. The average Bonchev–Trinajstić information content (AvgIpc) is 2.27. The van der Waals surface area contributed by atoms with Gasteiger partial charge in [-0.15, -0.1) is 0 Å². The fourth-order valence-electron chi connectivity index (χ4n) is 2.05. The Labute approximate surface area is 108 Å². The first kappa shape index (κ1) is 16.9. The molecule has 0 unspecified atom stereocenters. The van der Waals surface area contributed by atoms with Gasteiger partial charge in [-0.2, -0.15) is 0 Å². The second-order valence-corrected chi connectivity index (χ2v) is 7.28. The van der Waals surface area contributed by atoms with E-state index in [1.54, 1.807) is 0 Å². The van der Waals surface area contributed by atoms with Crippen LogP contribution in [0.1, 0.15) is 78.1 Å². The Kier molecular flexibility index (Phi) is 11.0. The Morgan fingerprint density at radius 2 is 1.06 bits per heavy atom. The van der Waals surface area contributed by atoms with E-state index >= 15 is 0 Å². The number of rotatable bonds is 12. The van der Waals surface area contributed by atoms with E-state index in [9.17, 15) is 8.42 Å². The number of hydrogen-bond acceptors (Lipinski definition) is 2. The SMILES string of the molecule is CCCCCCCCCCCS(=O)(=O)CCC. The predicted octanol–water partition coefficient (Wildman–Crippen LogP) is 4.34. The minimum Gasteiger partial charge on any atom is -0.229 e. The Morgan fingerprint density at radius 3 is 1.53 bits per heavy atom. The van der Waals surface area contributed by atoms with Gasteiger partial charge in [0, 0.05) is 5.75 Å². The monoisotopic (exact) mass is 262 g/mol. The summed E-state index contributed by atoms with van der Waals surface area (Å²) in [6.45, 7) is 4.16. The summed E-state index contributed by atoms with van der Waals surface area (Å²) in [7, 11) is -2.74. The molecule has 0 fully saturated rings. The second kappa shape index (κ2) is 11.1. The van der Waals surface area contributed by atoms with Gasteiger partial charge < -0.3 is 0 Å². The van der Waals surface area contributed by atoms with Crippen LogP contribution in [0.4, 0.5) is 0 Å². The summed E-state index contributed by atoms with van der Waals surface area (Å²) < 4.78 is 22.9. The molecule has 0 spiro atoms. The molecule has 2 nitrogen and oxygen atoms in total. The van der Waals surface area contributed by atoms with Crippen molar-refractivity contribution in [3.8, 4) is 0 Å². The fraction of sp³-hybridized carbons (Fsp3) is 1.00. The van der Waals surface area contributed by atoms with E-state index in [2.05, 4.69) is 6.92 Å². The number of sulfone groups is 1. The minimum atomic E-state index is -2.74. The summed E-state index contributed by atoms with van der Waals surface area (Å²) in [5, 5.41) is 0. The van der Waals surface area contributed by atoms with Crippen LogP contribution in [0.2, 0.25) is 0 Å². The number of unbranched alkanes of at least 4 members (excludes halogenated alkanes) is 8. The van der Waals surface area contributed by atoms with Gasteiger partial charge in [0.2, 0.25) is 0 Å². The smallest absolute Gasteiger partial charge is 0.150 e. The third kappa shape index (κ3) is 12.2. The van der Waals surface area contributed by atoms with Gasteiger partial charge in [-0.1, -0.05) is 65.2 Å². The van der Waals surface area contributed by atoms with Crippen molar-refractivity contribution < 1.29 is 8.42 Å². The van der Waals surface area contributed by atoms with E-state index in [0.717, 1.165) is 19.3 Å². The Morgan fingerprint density at radius 1 is 0.588 bits per heavy atom. The van der Waals surface area contributed by atoms with Crippen LogP contribution in [0, 0.1) is 0 Å². The van der Waals surface area contributed by atoms with Crippen molar-refractivity contribution in [3.05, 3.63) is 0 Å². The Bertz CT molecular complexity index is 245. The first-order valence-corrected chi connectivity index (χ1v) is 9.15. The summed E-state index contributed by atoms with van der Waals surface area (Å²) in [5.74, 6) is 0.765. The van der Waals surface area contributed by atoms with Crippen LogP contribution in [0.5, 0.6) is 0 Å². The molecular weight excluding hydrogens is 232 g/mol. The van der Waals surface area contributed by atoms with E-state index in [1.807, 2.05) is 6.92 Å². The molecule has 0 aliphatic heterocycles. The van der Waals surface area contributed by atoms with Crippen molar-refractivity contribution in [1.82, 2.24) is 0 Å². The highest BCUT2D eigenvalue weighted by atomic mass is 32.2. The van der Waals surface area contributed by atoms with E-state index < -0.39 is 9.84 Å². The van der Waals surface area contributed by atoms with Crippen molar-refractivity contribution in [2.45, 2.75) is 78.1 Å². The summed E-state index contributed by atoms with van der Waals surface area (Å²) in [4.78, 5) is 0. The maximum atomic E-state index is 11.4. The maximum Gasteiger partial charge on any atom is 0.150 e. The van der Waals surface area contributed by atoms with Crippen LogP contribution in [0.15, 0.2) is 0 Å². The van der Waals surface area contributed by atoms with E-state index in [4.69, 9.17) is 0 Å². The molecule has 104 valence electrons. The van der Waals surface area contributed by atoms with Gasteiger partial charge in [0.05, 0.1) is 5.75 Å². The highest BCUT2D eigenvalue weighted by Crippen LogP contribution is 2.10. The van der Waals surface area contributed by atoms with Crippen LogP contribution >= 0.6 is 0 Å². The lowest BCUT2D eigenvalue weighted by atomic mass is 10.1. The molecule has 0 radical (unpaired) electrons. The third-order valence-electron chi connectivity index (χ3n) is 3.07. The molecule has 0 aromatic heterocycles. The van der Waals surface area contributed by atoms with E-state index in [-0.39, 0.29) is 0 Å². The fourth-order valence-corrected chi connectivity index (χ4v) is 3.52. The molecule has 0 aromatic rings. The molecule has 0 heterocycles. The zero-order valence-electron chi connectivity index (χ0n) is 11.7. The topological polar surface area (TPSA) is 34.1 Å². The van der Waals surface area contributed by atoms with Gasteiger partial charge in [0.25, 0.3) is 0 Å². The second-order valence-electron chi connectivity index (χ2n) is 4.98. The summed E-state index contributed by atoms with van der Waals surface area (Å²) >= 11 is 0. The lowest BCUT2D eigenvalue weighted by Crippen LogP contribution is -2.10. The molecule has 3 heteroatoms. The van der Waals surface area contributed by atoms with Crippen molar-refractivity contribution in [2.24, 2.45) is 0 Å². The molecule has 0 saturated carbocycles. The third-order valence-corrected chi connectivity index (χ3v) is 5.01. The van der Waals surface area contributed by atoms with Crippen LogP contribution in [-0.4, -0.2) is 19.9 Å². The van der Waals surface area contributed by atoms with Crippen LogP contribution in [0.3, 0.4) is 0 Å². The van der Waals surface area contributed by atoms with Gasteiger partial charge in [-0.25, -0.2) is 8.42 Å². The lowest BCUT2D eigenvalue weighted by Gasteiger charge is -2.03. The maximum absolute atomic E-state index is 11.4. The first-order chi connectivity index (χ1) is 8.12. The van der Waals surface area contributed by atoms with E-state index in [0.29, 0.717) is 11.5 Å². The Balaban J connectivity index is 3.24. The highest BCUT2D eigenvalue weighted by molar-refractivity contribution is 7.91. The molecule has 0 aliphatic carbocycles. The van der Waals surface area contributed by atoms with Gasteiger partial charge in [0.1, 0.15) is 9.84 Å². The van der Waals surface area contributed by atoms with Crippen LogP contribution < -0.4 is 0 Å². The molecule has 0 aliphatic rings.